The first-order valence-corrected chi connectivity index (χ1v) is 3.82. The third-order valence-corrected chi connectivity index (χ3v) is 1.60. The Morgan fingerprint density at radius 2 is 2.21 bits per heavy atom. The number of nitro groups is 1. The van der Waals surface area contributed by atoms with Crippen LogP contribution < -0.4 is 0 Å². The second-order valence-corrected chi connectivity index (χ2v) is 2.96. The number of carboxylic acids is 1. The van der Waals surface area contributed by atoms with Crippen molar-refractivity contribution in [3.8, 4) is 0 Å². The van der Waals surface area contributed by atoms with E-state index in [0.29, 0.717) is 0 Å². The highest BCUT2D eigenvalue weighted by molar-refractivity contribution is 5.90. The van der Waals surface area contributed by atoms with E-state index in [1.54, 1.807) is 13.8 Å². The van der Waals surface area contributed by atoms with Crippen LogP contribution in [0.15, 0.2) is 4.52 Å². The summed E-state index contributed by atoms with van der Waals surface area (Å²) < 4.78 is 4.61. The monoisotopic (exact) mass is 200 g/mol. The summed E-state index contributed by atoms with van der Waals surface area (Å²) in [5.74, 6) is -1.77. The van der Waals surface area contributed by atoms with Crippen LogP contribution in [-0.4, -0.2) is 21.2 Å². The lowest BCUT2D eigenvalue weighted by atomic mass is 10.1. The van der Waals surface area contributed by atoms with Crippen LogP contribution in [-0.2, 0) is 0 Å². The highest BCUT2D eigenvalue weighted by Gasteiger charge is 2.32. The molecule has 1 aromatic rings. The SMILES string of the molecule is CC(C)c1onc(C(=O)O)c1[N+](=O)[O-]. The molecule has 0 aromatic carbocycles. The average Bonchev–Trinajstić information content (AvgIpc) is 2.46. The van der Waals surface area contributed by atoms with Crippen LogP contribution >= 0.6 is 0 Å². The zero-order chi connectivity index (χ0) is 10.9. The maximum Gasteiger partial charge on any atom is 0.365 e. The third-order valence-electron chi connectivity index (χ3n) is 1.60. The molecule has 14 heavy (non-hydrogen) atoms. The molecule has 0 fully saturated rings. The molecule has 7 nitrogen and oxygen atoms in total. The van der Waals surface area contributed by atoms with E-state index in [2.05, 4.69) is 9.68 Å². The van der Waals surface area contributed by atoms with Crippen LogP contribution in [0.3, 0.4) is 0 Å². The summed E-state index contributed by atoms with van der Waals surface area (Å²) in [6.07, 6.45) is 0. The van der Waals surface area contributed by atoms with E-state index in [9.17, 15) is 14.9 Å². The fourth-order valence-corrected chi connectivity index (χ4v) is 0.994. The molecule has 1 heterocycles. The number of rotatable bonds is 3. The van der Waals surface area contributed by atoms with Crippen LogP contribution in [0.1, 0.15) is 36.0 Å². The zero-order valence-corrected chi connectivity index (χ0v) is 7.55. The predicted octanol–water partition coefficient (Wildman–Crippen LogP) is 1.40. The molecular formula is C7H8N2O5. The molecule has 0 aliphatic rings. The van der Waals surface area contributed by atoms with Gasteiger partial charge in [0.15, 0.2) is 0 Å². The topological polar surface area (TPSA) is 106 Å². The Hall–Kier alpha value is -1.92. The molecule has 0 unspecified atom stereocenters. The van der Waals surface area contributed by atoms with E-state index in [-0.39, 0.29) is 11.7 Å². The van der Waals surface area contributed by atoms with Gasteiger partial charge in [-0.15, -0.1) is 0 Å². The second-order valence-electron chi connectivity index (χ2n) is 2.96. The minimum atomic E-state index is -1.47. The lowest BCUT2D eigenvalue weighted by Gasteiger charge is -1.96. The Morgan fingerprint density at radius 1 is 1.64 bits per heavy atom. The first kappa shape index (κ1) is 10.2. The number of carboxylic acid groups (broad SMARTS) is 1. The van der Waals surface area contributed by atoms with Gasteiger partial charge < -0.3 is 9.63 Å². The summed E-state index contributed by atoms with van der Waals surface area (Å²) in [5.41, 5.74) is -1.22. The van der Waals surface area contributed by atoms with Crippen LogP contribution in [0.4, 0.5) is 5.69 Å². The molecule has 0 spiro atoms. The maximum atomic E-state index is 10.6. The first-order chi connectivity index (χ1) is 6.45. The van der Waals surface area contributed by atoms with Crippen molar-refractivity contribution < 1.29 is 19.3 Å². The van der Waals surface area contributed by atoms with Gasteiger partial charge in [0.1, 0.15) is 0 Å². The average molecular weight is 200 g/mol. The Bertz CT molecular complexity index is 381. The number of carbonyl (C=O) groups is 1. The Morgan fingerprint density at radius 3 is 2.57 bits per heavy atom. The lowest BCUT2D eigenvalue weighted by molar-refractivity contribution is -0.386. The maximum absolute atomic E-state index is 10.6. The number of hydrogen-bond acceptors (Lipinski definition) is 5. The molecule has 0 aliphatic heterocycles. The summed E-state index contributed by atoms with van der Waals surface area (Å²) in [6, 6.07) is 0. The van der Waals surface area contributed by atoms with E-state index >= 15 is 0 Å². The molecule has 1 rings (SSSR count). The summed E-state index contributed by atoms with van der Waals surface area (Å²) in [4.78, 5) is 20.3. The van der Waals surface area contributed by atoms with E-state index < -0.39 is 22.3 Å². The molecule has 0 saturated carbocycles. The normalized spacial score (nSPS) is 10.5. The Kier molecular flexibility index (Phi) is 2.50. The van der Waals surface area contributed by atoms with Crippen LogP contribution in [0.2, 0.25) is 0 Å². The first-order valence-electron chi connectivity index (χ1n) is 3.82. The van der Waals surface area contributed by atoms with Gasteiger partial charge in [-0.2, -0.15) is 0 Å². The van der Waals surface area contributed by atoms with Gasteiger partial charge in [-0.05, 0) is 0 Å². The fourth-order valence-electron chi connectivity index (χ4n) is 0.994. The third kappa shape index (κ3) is 1.56. The molecule has 0 aliphatic carbocycles. The van der Waals surface area contributed by atoms with Crippen LogP contribution in [0, 0.1) is 10.1 Å². The van der Waals surface area contributed by atoms with Gasteiger partial charge in [0.05, 0.1) is 4.92 Å². The number of aromatic nitrogens is 1. The van der Waals surface area contributed by atoms with Gasteiger partial charge in [0.25, 0.3) is 5.69 Å². The largest absolute Gasteiger partial charge is 0.476 e. The van der Waals surface area contributed by atoms with Crippen molar-refractivity contribution in [3.05, 3.63) is 21.6 Å². The van der Waals surface area contributed by atoms with Crippen molar-refractivity contribution in [2.75, 3.05) is 0 Å². The van der Waals surface area contributed by atoms with E-state index in [0.717, 1.165) is 0 Å². The fraction of sp³-hybridized carbons (Fsp3) is 0.429. The molecule has 0 bridgehead atoms. The Balaban J connectivity index is 3.35. The van der Waals surface area contributed by atoms with Crippen LogP contribution in [0.25, 0.3) is 0 Å². The number of hydrogen-bond donors (Lipinski definition) is 1. The van der Waals surface area contributed by atoms with Gasteiger partial charge >= 0.3 is 11.7 Å². The number of nitrogens with zero attached hydrogens (tertiary/aromatic N) is 2. The predicted molar refractivity (Wildman–Crippen MR) is 44.2 cm³/mol. The molecule has 0 saturated heterocycles. The van der Waals surface area contributed by atoms with Crippen molar-refractivity contribution in [1.82, 2.24) is 5.16 Å². The molecule has 76 valence electrons. The molecule has 0 amide bonds. The highest BCUT2D eigenvalue weighted by Crippen LogP contribution is 2.29. The molecule has 7 heteroatoms. The van der Waals surface area contributed by atoms with Crippen molar-refractivity contribution in [2.24, 2.45) is 0 Å². The van der Waals surface area contributed by atoms with Gasteiger partial charge in [-0.1, -0.05) is 19.0 Å². The van der Waals surface area contributed by atoms with Crippen molar-refractivity contribution in [3.63, 3.8) is 0 Å². The van der Waals surface area contributed by atoms with E-state index in [4.69, 9.17) is 5.11 Å². The van der Waals surface area contributed by atoms with Gasteiger partial charge in [0, 0.05) is 5.92 Å². The van der Waals surface area contributed by atoms with Gasteiger partial charge in [0.2, 0.25) is 5.76 Å². The van der Waals surface area contributed by atoms with Crippen molar-refractivity contribution in [2.45, 2.75) is 19.8 Å². The van der Waals surface area contributed by atoms with Gasteiger partial charge in [-0.3, -0.25) is 10.1 Å². The molecule has 0 radical (unpaired) electrons. The van der Waals surface area contributed by atoms with Crippen molar-refractivity contribution >= 4 is 11.7 Å². The summed E-state index contributed by atoms with van der Waals surface area (Å²) >= 11 is 0. The van der Waals surface area contributed by atoms with E-state index in [1.165, 1.54) is 0 Å². The van der Waals surface area contributed by atoms with Crippen LogP contribution in [0.5, 0.6) is 0 Å². The quantitative estimate of drug-likeness (QED) is 0.583. The van der Waals surface area contributed by atoms with Gasteiger partial charge in [-0.25, -0.2) is 4.79 Å². The zero-order valence-electron chi connectivity index (χ0n) is 7.55. The Labute approximate surface area is 78.5 Å². The summed E-state index contributed by atoms with van der Waals surface area (Å²) in [7, 11) is 0. The summed E-state index contributed by atoms with van der Waals surface area (Å²) in [5, 5.41) is 22.3. The molecule has 1 N–H and O–H groups in total. The lowest BCUT2D eigenvalue weighted by Crippen LogP contribution is -2.02. The highest BCUT2D eigenvalue weighted by atomic mass is 16.6. The molecule has 0 atom stereocenters. The van der Waals surface area contributed by atoms with E-state index in [1.807, 2.05) is 0 Å². The standard InChI is InChI=1S/C7H8N2O5/c1-3(2)6-5(9(12)13)4(7(10)11)8-14-6/h3H,1-2H3,(H,10,11). The second kappa shape index (κ2) is 3.44. The minimum Gasteiger partial charge on any atom is -0.476 e. The number of aromatic carboxylic acids is 1. The van der Waals surface area contributed by atoms with Crippen molar-refractivity contribution in [1.29, 1.82) is 0 Å². The molecular weight excluding hydrogens is 192 g/mol. The summed E-state index contributed by atoms with van der Waals surface area (Å²) in [6.45, 7) is 3.30. The minimum absolute atomic E-state index is 0.0209. The smallest absolute Gasteiger partial charge is 0.365 e. The molecule has 1 aromatic heterocycles.